The summed E-state index contributed by atoms with van der Waals surface area (Å²) >= 11 is 0. The van der Waals surface area contributed by atoms with Crippen LogP contribution in [0.1, 0.15) is 11.1 Å². The maximum atomic E-state index is 12.8. The van der Waals surface area contributed by atoms with Gasteiger partial charge in [0, 0.05) is 23.9 Å². The summed E-state index contributed by atoms with van der Waals surface area (Å²) in [6, 6.07) is 25.7. The number of Topliss-reactive ketones (excluding diaryl/α,β-unsaturated/α-hetero) is 1. The standard InChI is InChI=1S/C26H25N3O4/c30-24(17-21-7-3-1-4-8-21)18-29(19-26(32)27-22-9-5-2-6-10-22)23-14-11-20(12-15-23)13-16-25(31)28-33/h1-16,33H,17-19H2,(H,27,32)(H,28,31)/b16-13+. The number of hydroxylamine groups is 1. The average molecular weight is 444 g/mol. The van der Waals surface area contributed by atoms with Crippen LogP contribution in [-0.4, -0.2) is 35.9 Å². The molecule has 0 fully saturated rings. The van der Waals surface area contributed by atoms with Gasteiger partial charge in [-0.15, -0.1) is 0 Å². The third kappa shape index (κ3) is 7.75. The minimum absolute atomic E-state index is 0.00245. The van der Waals surface area contributed by atoms with E-state index >= 15 is 0 Å². The maximum Gasteiger partial charge on any atom is 0.267 e. The first-order valence-corrected chi connectivity index (χ1v) is 10.4. The molecule has 7 heteroatoms. The van der Waals surface area contributed by atoms with Gasteiger partial charge in [-0.05, 0) is 41.5 Å². The summed E-state index contributed by atoms with van der Waals surface area (Å²) in [4.78, 5) is 38.3. The van der Waals surface area contributed by atoms with E-state index in [2.05, 4.69) is 5.32 Å². The molecule has 3 rings (SSSR count). The van der Waals surface area contributed by atoms with Crippen LogP contribution in [0.25, 0.3) is 6.08 Å². The zero-order valence-electron chi connectivity index (χ0n) is 18.0. The lowest BCUT2D eigenvalue weighted by atomic mass is 10.1. The smallest absolute Gasteiger partial charge is 0.267 e. The summed E-state index contributed by atoms with van der Waals surface area (Å²) in [5.74, 6) is -0.889. The molecule has 0 heterocycles. The molecule has 3 aromatic rings. The molecule has 0 aliphatic rings. The first-order valence-electron chi connectivity index (χ1n) is 10.4. The number of nitrogens with one attached hydrogen (secondary N) is 2. The molecule has 0 radical (unpaired) electrons. The zero-order valence-corrected chi connectivity index (χ0v) is 18.0. The van der Waals surface area contributed by atoms with E-state index in [1.807, 2.05) is 48.5 Å². The fraction of sp³-hybridized carbons (Fsp3) is 0.115. The minimum Gasteiger partial charge on any atom is -0.355 e. The summed E-state index contributed by atoms with van der Waals surface area (Å²) in [5, 5.41) is 11.4. The molecule has 0 bridgehead atoms. The lowest BCUT2D eigenvalue weighted by Crippen LogP contribution is -2.37. The molecule has 0 aliphatic heterocycles. The predicted octanol–water partition coefficient (Wildman–Crippen LogP) is 3.46. The molecule has 0 saturated carbocycles. The second-order valence-corrected chi connectivity index (χ2v) is 7.37. The van der Waals surface area contributed by atoms with Crippen LogP contribution in [-0.2, 0) is 20.8 Å². The largest absolute Gasteiger partial charge is 0.355 e. The molecule has 0 spiro atoms. The lowest BCUT2D eigenvalue weighted by Gasteiger charge is -2.24. The molecule has 0 aromatic heterocycles. The molecule has 0 unspecified atom stereocenters. The Hall–Kier alpha value is -4.23. The van der Waals surface area contributed by atoms with Crippen LogP contribution in [0.3, 0.4) is 0 Å². The second-order valence-electron chi connectivity index (χ2n) is 7.37. The molecule has 7 nitrogen and oxygen atoms in total. The highest BCUT2D eigenvalue weighted by Crippen LogP contribution is 2.17. The van der Waals surface area contributed by atoms with Crippen molar-refractivity contribution in [1.82, 2.24) is 5.48 Å². The minimum atomic E-state index is -0.634. The number of hydrogen-bond acceptors (Lipinski definition) is 5. The molecule has 0 saturated heterocycles. The Morgan fingerprint density at radius 2 is 1.45 bits per heavy atom. The Morgan fingerprint density at radius 3 is 2.09 bits per heavy atom. The number of benzene rings is 3. The van der Waals surface area contributed by atoms with Crippen LogP contribution in [0.2, 0.25) is 0 Å². The number of carbonyl (C=O) groups excluding carboxylic acids is 3. The summed E-state index contributed by atoms with van der Waals surface area (Å²) in [6.45, 7) is 0.0662. The van der Waals surface area contributed by atoms with E-state index in [0.29, 0.717) is 11.4 Å². The van der Waals surface area contributed by atoms with E-state index < -0.39 is 5.91 Å². The van der Waals surface area contributed by atoms with Crippen LogP contribution >= 0.6 is 0 Å². The van der Waals surface area contributed by atoms with Crippen molar-refractivity contribution < 1.29 is 19.6 Å². The van der Waals surface area contributed by atoms with Crippen molar-refractivity contribution in [2.75, 3.05) is 23.3 Å². The Morgan fingerprint density at radius 1 is 0.818 bits per heavy atom. The third-order valence-corrected chi connectivity index (χ3v) is 4.80. The van der Waals surface area contributed by atoms with Gasteiger partial charge in [-0.25, -0.2) is 5.48 Å². The van der Waals surface area contributed by atoms with Crippen molar-refractivity contribution >= 4 is 35.0 Å². The number of nitrogens with zero attached hydrogens (tertiary/aromatic N) is 1. The first kappa shape index (κ1) is 23.4. The normalized spacial score (nSPS) is 10.6. The van der Waals surface area contributed by atoms with Crippen molar-refractivity contribution in [2.24, 2.45) is 0 Å². The number of anilines is 2. The summed E-state index contributed by atoms with van der Waals surface area (Å²) in [5.41, 5.74) is 4.55. The van der Waals surface area contributed by atoms with E-state index in [1.165, 1.54) is 11.6 Å². The fourth-order valence-corrected chi connectivity index (χ4v) is 3.23. The van der Waals surface area contributed by atoms with Crippen molar-refractivity contribution in [3.05, 3.63) is 102 Å². The van der Waals surface area contributed by atoms with Crippen LogP contribution in [0.5, 0.6) is 0 Å². The van der Waals surface area contributed by atoms with Crippen molar-refractivity contribution in [1.29, 1.82) is 0 Å². The predicted molar refractivity (Wildman–Crippen MR) is 128 cm³/mol. The first-order chi connectivity index (χ1) is 16.0. The van der Waals surface area contributed by atoms with Crippen LogP contribution in [0.4, 0.5) is 11.4 Å². The molecule has 0 aliphatic carbocycles. The Kier molecular flexibility index (Phi) is 8.50. The SMILES string of the molecule is O=C(Cc1ccccc1)CN(CC(=O)Nc1ccccc1)c1ccc(/C=C/C(=O)NO)cc1. The maximum absolute atomic E-state index is 12.8. The molecule has 0 atom stereocenters. The highest BCUT2D eigenvalue weighted by Gasteiger charge is 2.16. The van der Waals surface area contributed by atoms with E-state index in [0.717, 1.165) is 11.1 Å². The van der Waals surface area contributed by atoms with E-state index in [1.54, 1.807) is 47.4 Å². The average Bonchev–Trinajstić information content (AvgIpc) is 2.83. The number of amides is 2. The van der Waals surface area contributed by atoms with Gasteiger partial charge in [0.25, 0.3) is 5.91 Å². The molecule has 3 aromatic carbocycles. The fourth-order valence-electron chi connectivity index (χ4n) is 3.23. The number of rotatable bonds is 10. The number of hydrogen-bond donors (Lipinski definition) is 3. The van der Waals surface area contributed by atoms with Gasteiger partial charge in [-0.1, -0.05) is 60.7 Å². The van der Waals surface area contributed by atoms with Crippen molar-refractivity contribution in [2.45, 2.75) is 6.42 Å². The quantitative estimate of drug-likeness (QED) is 0.253. The second kappa shape index (κ2) is 12.0. The van der Waals surface area contributed by atoms with Gasteiger partial charge < -0.3 is 10.2 Å². The topological polar surface area (TPSA) is 98.7 Å². The van der Waals surface area contributed by atoms with Gasteiger partial charge in [0.15, 0.2) is 5.78 Å². The van der Waals surface area contributed by atoms with Gasteiger partial charge in [0.2, 0.25) is 5.91 Å². The zero-order chi connectivity index (χ0) is 23.5. The van der Waals surface area contributed by atoms with Crippen LogP contribution in [0, 0.1) is 0 Å². The van der Waals surface area contributed by atoms with Crippen LogP contribution < -0.4 is 15.7 Å². The molecule has 33 heavy (non-hydrogen) atoms. The monoisotopic (exact) mass is 443 g/mol. The van der Waals surface area contributed by atoms with E-state index in [4.69, 9.17) is 5.21 Å². The summed E-state index contributed by atoms with van der Waals surface area (Å²) in [7, 11) is 0. The summed E-state index contributed by atoms with van der Waals surface area (Å²) < 4.78 is 0. The molecule has 2 amide bonds. The van der Waals surface area contributed by atoms with Gasteiger partial charge in [0.05, 0.1) is 13.1 Å². The number of carbonyl (C=O) groups is 3. The molecule has 168 valence electrons. The Bertz CT molecular complexity index is 1040. The lowest BCUT2D eigenvalue weighted by molar-refractivity contribution is -0.124. The van der Waals surface area contributed by atoms with Crippen LogP contribution in [0.15, 0.2) is 91.0 Å². The van der Waals surface area contributed by atoms with Gasteiger partial charge in [-0.2, -0.15) is 0 Å². The summed E-state index contributed by atoms with van der Waals surface area (Å²) in [6.07, 6.45) is 3.01. The van der Waals surface area contributed by atoms with Gasteiger partial charge >= 0.3 is 0 Å². The van der Waals surface area contributed by atoms with Crippen molar-refractivity contribution in [3.8, 4) is 0 Å². The molecule has 3 N–H and O–H groups in total. The Labute approximate surface area is 192 Å². The number of para-hydroxylation sites is 1. The highest BCUT2D eigenvalue weighted by molar-refractivity contribution is 5.96. The molecular weight excluding hydrogens is 418 g/mol. The van der Waals surface area contributed by atoms with E-state index in [-0.39, 0.29) is 31.2 Å². The van der Waals surface area contributed by atoms with Crippen molar-refractivity contribution in [3.63, 3.8) is 0 Å². The van der Waals surface area contributed by atoms with Gasteiger partial charge in [-0.3, -0.25) is 19.6 Å². The third-order valence-electron chi connectivity index (χ3n) is 4.80. The van der Waals surface area contributed by atoms with E-state index in [9.17, 15) is 14.4 Å². The number of ketones is 1. The molecular formula is C26H25N3O4. The highest BCUT2D eigenvalue weighted by atomic mass is 16.5. The Balaban J connectivity index is 1.73. The van der Waals surface area contributed by atoms with Gasteiger partial charge in [0.1, 0.15) is 0 Å².